The van der Waals surface area contributed by atoms with Crippen molar-refractivity contribution in [3.05, 3.63) is 23.8 Å². The number of nitrogens with one attached hydrogen (secondary N) is 1. The van der Waals surface area contributed by atoms with Crippen molar-refractivity contribution in [1.29, 1.82) is 0 Å². The Balaban J connectivity index is 0.000000891. The smallest absolute Gasteiger partial charge is 0.305 e. The highest BCUT2D eigenvalue weighted by Gasteiger charge is 2.19. The zero-order valence-corrected chi connectivity index (χ0v) is 15.7. The van der Waals surface area contributed by atoms with E-state index in [9.17, 15) is 4.79 Å². The predicted molar refractivity (Wildman–Crippen MR) is 102 cm³/mol. The molecule has 3 N–H and O–H groups in total. The van der Waals surface area contributed by atoms with Crippen molar-refractivity contribution in [2.24, 2.45) is 5.92 Å². The van der Waals surface area contributed by atoms with Crippen molar-refractivity contribution in [2.45, 2.75) is 71.8 Å². The van der Waals surface area contributed by atoms with Crippen LogP contribution in [0.5, 0.6) is 0 Å². The fourth-order valence-electron chi connectivity index (χ4n) is 3.03. The number of rotatable bonds is 5. The number of carbonyl (C=O) groups excluding carboxylic acids is 1. The van der Waals surface area contributed by atoms with Gasteiger partial charge in [0, 0.05) is 12.5 Å². The minimum Gasteiger partial charge on any atom is -0.469 e. The van der Waals surface area contributed by atoms with Crippen LogP contribution in [0, 0.1) is 5.92 Å². The Kier molecular flexibility index (Phi) is 9.28. The molecule has 4 heteroatoms. The molecule has 0 saturated heterocycles. The zero-order chi connectivity index (χ0) is 17.9. The Morgan fingerprint density at radius 3 is 2.62 bits per heavy atom. The maximum Gasteiger partial charge on any atom is 0.305 e. The first kappa shape index (κ1) is 20.3. The van der Waals surface area contributed by atoms with Crippen LogP contribution in [-0.4, -0.2) is 19.1 Å². The number of hydrogen-bond donors (Lipinski definition) is 2. The van der Waals surface area contributed by atoms with Crippen LogP contribution in [0.3, 0.4) is 0 Å². The van der Waals surface area contributed by atoms with Crippen molar-refractivity contribution in [1.82, 2.24) is 0 Å². The highest BCUT2D eigenvalue weighted by molar-refractivity contribution is 5.70. The number of aryl methyl sites for hydroxylation is 1. The van der Waals surface area contributed by atoms with Gasteiger partial charge >= 0.3 is 5.97 Å². The third-order valence-electron chi connectivity index (χ3n) is 4.26. The number of nitrogens with two attached hydrogens (primary N) is 1. The van der Waals surface area contributed by atoms with Crippen molar-refractivity contribution in [3.8, 4) is 0 Å². The maximum absolute atomic E-state index is 11.2. The molecule has 0 spiro atoms. The number of carbonyl (C=O) groups is 1. The van der Waals surface area contributed by atoms with E-state index in [-0.39, 0.29) is 5.97 Å². The van der Waals surface area contributed by atoms with E-state index in [1.807, 2.05) is 18.2 Å². The van der Waals surface area contributed by atoms with Crippen LogP contribution in [0.1, 0.15) is 64.9 Å². The molecule has 0 radical (unpaired) electrons. The zero-order valence-electron chi connectivity index (χ0n) is 15.7. The minimum atomic E-state index is -0.188. The van der Waals surface area contributed by atoms with E-state index in [0.29, 0.717) is 18.9 Å². The molecular weight excluding hydrogens is 300 g/mol. The molecule has 2 rings (SSSR count). The molecule has 4 nitrogen and oxygen atoms in total. The lowest BCUT2D eigenvalue weighted by Crippen LogP contribution is -2.26. The molecule has 2 atom stereocenters. The van der Waals surface area contributed by atoms with Gasteiger partial charge in [0.25, 0.3) is 0 Å². The highest BCUT2D eigenvalue weighted by Crippen LogP contribution is 2.28. The molecule has 24 heavy (non-hydrogen) atoms. The molecule has 0 heterocycles. The second-order valence-electron chi connectivity index (χ2n) is 6.82. The van der Waals surface area contributed by atoms with Crippen LogP contribution in [0.25, 0.3) is 0 Å². The topological polar surface area (TPSA) is 64.3 Å². The van der Waals surface area contributed by atoms with Gasteiger partial charge in [0.15, 0.2) is 0 Å². The van der Waals surface area contributed by atoms with Gasteiger partial charge < -0.3 is 15.8 Å². The molecule has 1 aromatic carbocycles. The summed E-state index contributed by atoms with van der Waals surface area (Å²) in [6, 6.07) is 6.55. The van der Waals surface area contributed by atoms with Crippen molar-refractivity contribution < 1.29 is 9.53 Å². The van der Waals surface area contributed by atoms with Crippen LogP contribution < -0.4 is 11.1 Å². The summed E-state index contributed by atoms with van der Waals surface area (Å²) in [5, 5.41) is 3.57. The summed E-state index contributed by atoms with van der Waals surface area (Å²) in [7, 11) is 1.41. The minimum absolute atomic E-state index is 0.188. The molecule has 1 fully saturated rings. The lowest BCUT2D eigenvalue weighted by Gasteiger charge is -2.28. The van der Waals surface area contributed by atoms with Gasteiger partial charge in [-0.1, -0.05) is 46.1 Å². The fraction of sp³-hybridized carbons (Fsp3) is 0.650. The van der Waals surface area contributed by atoms with Crippen molar-refractivity contribution in [2.75, 3.05) is 18.2 Å². The Morgan fingerprint density at radius 1 is 1.33 bits per heavy atom. The summed E-state index contributed by atoms with van der Waals surface area (Å²) in [5.74, 6) is 0.601. The molecule has 0 amide bonds. The molecule has 2 unspecified atom stereocenters. The highest BCUT2D eigenvalue weighted by atomic mass is 16.5. The molecule has 1 aliphatic carbocycles. The van der Waals surface area contributed by atoms with Crippen LogP contribution in [0.4, 0.5) is 11.4 Å². The summed E-state index contributed by atoms with van der Waals surface area (Å²) in [6.45, 7) is 6.56. The largest absolute Gasteiger partial charge is 0.469 e. The molecule has 0 aliphatic heterocycles. The third kappa shape index (κ3) is 7.24. The van der Waals surface area contributed by atoms with Crippen LogP contribution in [0.2, 0.25) is 0 Å². The van der Waals surface area contributed by atoms with Crippen LogP contribution in [-0.2, 0) is 16.0 Å². The number of methoxy groups -OCH3 is 1. The normalized spacial score (nSPS) is 19.8. The maximum atomic E-state index is 11.2. The number of ether oxygens (including phenoxy) is 1. The van der Waals surface area contributed by atoms with Gasteiger partial charge in [-0.15, -0.1) is 0 Å². The molecule has 0 bridgehead atoms. The first-order chi connectivity index (χ1) is 11.5. The molecule has 1 saturated carbocycles. The standard InChI is InChI=1S/C17H26N2O2.C3H8/c1-12-4-3-5-14(10-12)19-16-8-6-13(11-15(16)18)7-9-17(20)21-2;1-3-2/h6,8,11-12,14,19H,3-5,7,9-10,18H2,1-2H3;3H2,1-2H3. The number of benzene rings is 1. The van der Waals surface area contributed by atoms with E-state index < -0.39 is 0 Å². The number of nitrogen functional groups attached to an aromatic ring is 1. The average molecular weight is 335 g/mol. The monoisotopic (exact) mass is 334 g/mol. The SMILES string of the molecule is CCC.COC(=O)CCc1ccc(NC2CCCC(C)C2)c(N)c1. The van der Waals surface area contributed by atoms with E-state index in [1.165, 1.54) is 39.2 Å². The first-order valence-corrected chi connectivity index (χ1v) is 9.21. The van der Waals surface area contributed by atoms with Gasteiger partial charge in [0.05, 0.1) is 18.5 Å². The van der Waals surface area contributed by atoms with E-state index >= 15 is 0 Å². The van der Waals surface area contributed by atoms with Gasteiger partial charge in [-0.05, 0) is 42.9 Å². The molecular formula is C20H34N2O2. The average Bonchev–Trinajstić information content (AvgIpc) is 2.55. The summed E-state index contributed by atoms with van der Waals surface area (Å²) >= 11 is 0. The van der Waals surface area contributed by atoms with E-state index in [2.05, 4.69) is 30.8 Å². The van der Waals surface area contributed by atoms with E-state index in [0.717, 1.165) is 22.9 Å². The van der Waals surface area contributed by atoms with E-state index in [4.69, 9.17) is 5.73 Å². The van der Waals surface area contributed by atoms with Gasteiger partial charge in [-0.2, -0.15) is 0 Å². The number of hydrogen-bond acceptors (Lipinski definition) is 4. The summed E-state index contributed by atoms with van der Waals surface area (Å²) < 4.78 is 4.65. The Bertz CT molecular complexity index is 502. The van der Waals surface area contributed by atoms with Gasteiger partial charge in [0.1, 0.15) is 0 Å². The Labute approximate surface area is 147 Å². The lowest BCUT2D eigenvalue weighted by atomic mass is 9.87. The Hall–Kier alpha value is -1.71. The summed E-state index contributed by atoms with van der Waals surface area (Å²) in [5.41, 5.74) is 8.97. The quantitative estimate of drug-likeness (QED) is 0.601. The van der Waals surface area contributed by atoms with Gasteiger partial charge in [-0.25, -0.2) is 0 Å². The third-order valence-corrected chi connectivity index (χ3v) is 4.26. The second kappa shape index (κ2) is 11.0. The molecule has 1 aromatic rings. The van der Waals surface area contributed by atoms with Gasteiger partial charge in [-0.3, -0.25) is 4.79 Å². The molecule has 0 aromatic heterocycles. The van der Waals surface area contributed by atoms with Crippen molar-refractivity contribution >= 4 is 17.3 Å². The molecule has 136 valence electrons. The molecule has 1 aliphatic rings. The lowest BCUT2D eigenvalue weighted by molar-refractivity contribution is -0.140. The number of esters is 1. The van der Waals surface area contributed by atoms with Crippen LogP contribution in [0.15, 0.2) is 18.2 Å². The first-order valence-electron chi connectivity index (χ1n) is 9.21. The van der Waals surface area contributed by atoms with Gasteiger partial charge in [0.2, 0.25) is 0 Å². The van der Waals surface area contributed by atoms with Crippen molar-refractivity contribution in [3.63, 3.8) is 0 Å². The van der Waals surface area contributed by atoms with Crippen LogP contribution >= 0.6 is 0 Å². The van der Waals surface area contributed by atoms with E-state index in [1.54, 1.807) is 0 Å². The summed E-state index contributed by atoms with van der Waals surface area (Å²) in [6.07, 6.45) is 7.36. The Morgan fingerprint density at radius 2 is 2.04 bits per heavy atom. The summed E-state index contributed by atoms with van der Waals surface area (Å²) in [4.78, 5) is 11.2. The number of anilines is 2. The fourth-order valence-corrected chi connectivity index (χ4v) is 3.03. The second-order valence-corrected chi connectivity index (χ2v) is 6.82. The predicted octanol–water partition coefficient (Wildman–Crippen LogP) is 4.78.